The van der Waals surface area contributed by atoms with Crippen LogP contribution in [0.5, 0.6) is 0 Å². The highest BCUT2D eigenvalue weighted by molar-refractivity contribution is 5.75. The predicted octanol–water partition coefficient (Wildman–Crippen LogP) is 1.96. The summed E-state index contributed by atoms with van der Waals surface area (Å²) in [5.41, 5.74) is 1.17. The van der Waals surface area contributed by atoms with Crippen LogP contribution in [-0.4, -0.2) is 42.2 Å². The zero-order valence-electron chi connectivity index (χ0n) is 12.1. The fourth-order valence-corrected chi connectivity index (χ4v) is 3.17. The summed E-state index contributed by atoms with van der Waals surface area (Å²) in [6.07, 6.45) is 5.59. The summed E-state index contributed by atoms with van der Waals surface area (Å²) in [5, 5.41) is 4.17. The second kappa shape index (κ2) is 5.49. The van der Waals surface area contributed by atoms with Crippen molar-refractivity contribution in [3.8, 4) is 0 Å². The monoisotopic (exact) mass is 300 g/mol. The number of likely N-dealkylation sites (tertiary alicyclic amines) is 1. The van der Waals surface area contributed by atoms with Crippen molar-refractivity contribution in [2.75, 3.05) is 6.54 Å². The summed E-state index contributed by atoms with van der Waals surface area (Å²) in [4.78, 5) is 14.0. The standard InChI is InChI=1S/C15H17FN6/c16-12-4-1-5-13-15(12)20-14(19-13)8-21-6-2-3-11(21)7-22-10-17-9-18-22/h1,4-5,9-11H,2-3,6-8H2,(H,19,20)/t11-/m1/s1. The first kappa shape index (κ1) is 13.4. The van der Waals surface area contributed by atoms with Gasteiger partial charge in [-0.2, -0.15) is 5.10 Å². The van der Waals surface area contributed by atoms with E-state index in [-0.39, 0.29) is 5.82 Å². The van der Waals surface area contributed by atoms with Gasteiger partial charge in [0.05, 0.1) is 18.6 Å². The summed E-state index contributed by atoms with van der Waals surface area (Å²) in [5.74, 6) is 0.533. The number of aromatic amines is 1. The molecule has 3 heterocycles. The van der Waals surface area contributed by atoms with Crippen molar-refractivity contribution in [1.82, 2.24) is 29.6 Å². The first-order chi connectivity index (χ1) is 10.8. The van der Waals surface area contributed by atoms with Gasteiger partial charge >= 0.3 is 0 Å². The third-order valence-corrected chi connectivity index (χ3v) is 4.23. The molecule has 0 saturated carbocycles. The van der Waals surface area contributed by atoms with Crippen LogP contribution in [0.3, 0.4) is 0 Å². The smallest absolute Gasteiger partial charge is 0.151 e. The van der Waals surface area contributed by atoms with Gasteiger partial charge in [-0.1, -0.05) is 6.07 Å². The summed E-state index contributed by atoms with van der Waals surface area (Å²) >= 11 is 0. The van der Waals surface area contributed by atoms with Gasteiger partial charge in [-0.15, -0.1) is 0 Å². The van der Waals surface area contributed by atoms with Crippen LogP contribution in [0.1, 0.15) is 18.7 Å². The van der Waals surface area contributed by atoms with Crippen LogP contribution < -0.4 is 0 Å². The quantitative estimate of drug-likeness (QED) is 0.800. The number of nitrogens with one attached hydrogen (secondary N) is 1. The lowest BCUT2D eigenvalue weighted by Gasteiger charge is -2.23. The number of benzene rings is 1. The van der Waals surface area contributed by atoms with E-state index in [1.165, 1.54) is 6.07 Å². The molecule has 1 atom stereocenters. The molecule has 0 bridgehead atoms. The molecule has 0 aliphatic carbocycles. The molecule has 7 heteroatoms. The number of halogens is 1. The molecule has 0 amide bonds. The first-order valence-corrected chi connectivity index (χ1v) is 7.49. The molecule has 22 heavy (non-hydrogen) atoms. The number of hydrogen-bond acceptors (Lipinski definition) is 4. The van der Waals surface area contributed by atoms with Crippen molar-refractivity contribution >= 4 is 11.0 Å². The molecule has 4 rings (SSSR count). The van der Waals surface area contributed by atoms with Gasteiger partial charge in [0.15, 0.2) is 5.82 Å². The van der Waals surface area contributed by atoms with Crippen LogP contribution in [0.25, 0.3) is 11.0 Å². The van der Waals surface area contributed by atoms with E-state index in [4.69, 9.17) is 0 Å². The molecule has 3 aromatic rings. The van der Waals surface area contributed by atoms with Crippen LogP contribution in [0.2, 0.25) is 0 Å². The van der Waals surface area contributed by atoms with Crippen LogP contribution in [0.15, 0.2) is 30.9 Å². The highest BCUT2D eigenvalue weighted by Crippen LogP contribution is 2.22. The number of H-pyrrole nitrogens is 1. The first-order valence-electron chi connectivity index (χ1n) is 7.49. The van der Waals surface area contributed by atoms with Crippen molar-refractivity contribution in [3.63, 3.8) is 0 Å². The second-order valence-electron chi connectivity index (χ2n) is 5.70. The molecular formula is C15H17FN6. The molecule has 1 saturated heterocycles. The largest absolute Gasteiger partial charge is 0.341 e. The Morgan fingerprint density at radius 1 is 1.36 bits per heavy atom. The van der Waals surface area contributed by atoms with E-state index in [1.807, 2.05) is 10.7 Å². The molecule has 0 radical (unpaired) electrons. The van der Waals surface area contributed by atoms with E-state index in [9.17, 15) is 4.39 Å². The minimum atomic E-state index is -0.277. The lowest BCUT2D eigenvalue weighted by Crippen LogP contribution is -2.33. The lowest BCUT2D eigenvalue weighted by molar-refractivity contribution is 0.215. The molecule has 1 aromatic carbocycles. The minimum Gasteiger partial charge on any atom is -0.341 e. The molecule has 6 nitrogen and oxygen atoms in total. The van der Waals surface area contributed by atoms with E-state index < -0.39 is 0 Å². The average Bonchev–Trinajstić information content (AvgIpc) is 3.22. The molecule has 0 unspecified atom stereocenters. The Balaban J connectivity index is 1.52. The van der Waals surface area contributed by atoms with E-state index in [0.29, 0.717) is 18.1 Å². The summed E-state index contributed by atoms with van der Waals surface area (Å²) in [6.45, 7) is 2.56. The molecule has 1 N–H and O–H groups in total. The normalized spacial score (nSPS) is 19.2. The average molecular weight is 300 g/mol. The molecule has 2 aromatic heterocycles. The van der Waals surface area contributed by atoms with Crippen molar-refractivity contribution in [3.05, 3.63) is 42.5 Å². The van der Waals surface area contributed by atoms with Gasteiger partial charge in [0.2, 0.25) is 0 Å². The number of rotatable bonds is 4. The zero-order valence-corrected chi connectivity index (χ0v) is 12.1. The number of hydrogen-bond donors (Lipinski definition) is 1. The van der Waals surface area contributed by atoms with Crippen LogP contribution in [-0.2, 0) is 13.1 Å². The molecular weight excluding hydrogens is 283 g/mol. The van der Waals surface area contributed by atoms with Gasteiger partial charge in [0, 0.05) is 6.04 Å². The maximum atomic E-state index is 13.7. The molecule has 1 fully saturated rings. The number of fused-ring (bicyclic) bond motifs is 1. The highest BCUT2D eigenvalue weighted by Gasteiger charge is 2.26. The topological polar surface area (TPSA) is 62.6 Å². The summed E-state index contributed by atoms with van der Waals surface area (Å²) < 4.78 is 15.6. The Morgan fingerprint density at radius 3 is 3.14 bits per heavy atom. The van der Waals surface area contributed by atoms with Crippen molar-refractivity contribution < 1.29 is 4.39 Å². The Labute approximate surface area is 127 Å². The Kier molecular flexibility index (Phi) is 3.34. The number of aromatic nitrogens is 5. The van der Waals surface area contributed by atoms with Gasteiger partial charge in [0.25, 0.3) is 0 Å². The summed E-state index contributed by atoms with van der Waals surface area (Å²) in [7, 11) is 0. The third kappa shape index (κ3) is 2.48. The van der Waals surface area contributed by atoms with E-state index in [0.717, 1.165) is 37.3 Å². The van der Waals surface area contributed by atoms with Crippen LogP contribution in [0, 0.1) is 5.82 Å². The number of imidazole rings is 1. The van der Waals surface area contributed by atoms with Crippen LogP contribution >= 0.6 is 0 Å². The molecule has 1 aliphatic rings. The fraction of sp³-hybridized carbons (Fsp3) is 0.400. The van der Waals surface area contributed by atoms with Gasteiger partial charge in [-0.05, 0) is 31.5 Å². The van der Waals surface area contributed by atoms with Crippen molar-refractivity contribution in [1.29, 1.82) is 0 Å². The van der Waals surface area contributed by atoms with E-state index >= 15 is 0 Å². The van der Waals surface area contributed by atoms with Gasteiger partial charge in [-0.3, -0.25) is 9.58 Å². The van der Waals surface area contributed by atoms with E-state index in [1.54, 1.807) is 18.7 Å². The summed E-state index contributed by atoms with van der Waals surface area (Å²) in [6, 6.07) is 5.41. The maximum absolute atomic E-state index is 13.7. The molecule has 1 aliphatic heterocycles. The van der Waals surface area contributed by atoms with Gasteiger partial charge < -0.3 is 4.98 Å². The highest BCUT2D eigenvalue weighted by atomic mass is 19.1. The second-order valence-corrected chi connectivity index (χ2v) is 5.70. The van der Waals surface area contributed by atoms with E-state index in [2.05, 4.69) is 25.0 Å². The number of para-hydroxylation sites is 1. The van der Waals surface area contributed by atoms with Gasteiger partial charge in [-0.25, -0.2) is 14.4 Å². The van der Waals surface area contributed by atoms with Crippen LogP contribution in [0.4, 0.5) is 4.39 Å². The van der Waals surface area contributed by atoms with Gasteiger partial charge in [0.1, 0.15) is 24.0 Å². The maximum Gasteiger partial charge on any atom is 0.151 e. The Bertz CT molecular complexity index is 766. The SMILES string of the molecule is Fc1cccc2[nH]c(CN3CCC[C@@H]3Cn3cncn3)nc12. The minimum absolute atomic E-state index is 0.277. The number of nitrogens with zero attached hydrogens (tertiary/aromatic N) is 5. The fourth-order valence-electron chi connectivity index (χ4n) is 3.17. The Hall–Kier alpha value is -2.28. The third-order valence-electron chi connectivity index (χ3n) is 4.23. The lowest BCUT2D eigenvalue weighted by atomic mass is 10.2. The Morgan fingerprint density at radius 2 is 2.32 bits per heavy atom. The van der Waals surface area contributed by atoms with Crippen molar-refractivity contribution in [2.24, 2.45) is 0 Å². The predicted molar refractivity (Wildman–Crippen MR) is 79.5 cm³/mol. The molecule has 0 spiro atoms. The van der Waals surface area contributed by atoms with Crippen molar-refractivity contribution in [2.45, 2.75) is 32.0 Å². The zero-order chi connectivity index (χ0) is 14.9. The molecule has 114 valence electrons.